The second-order valence-corrected chi connectivity index (χ2v) is 5.97. The van der Waals surface area contributed by atoms with Crippen LogP contribution in [-0.2, 0) is 0 Å². The fourth-order valence-corrected chi connectivity index (χ4v) is 1.95. The SMILES string of the molecule is COc1c(N)ncnc1N(CCC(C)C)CCC(C)C. The van der Waals surface area contributed by atoms with Gasteiger partial charge < -0.3 is 15.4 Å². The molecule has 114 valence electrons. The molecule has 0 amide bonds. The van der Waals surface area contributed by atoms with Gasteiger partial charge in [0.05, 0.1) is 7.11 Å². The molecule has 0 bridgehead atoms. The van der Waals surface area contributed by atoms with Crippen molar-refractivity contribution in [3.63, 3.8) is 0 Å². The summed E-state index contributed by atoms with van der Waals surface area (Å²) < 4.78 is 5.38. The van der Waals surface area contributed by atoms with Gasteiger partial charge in [0, 0.05) is 13.1 Å². The first-order chi connectivity index (χ1) is 9.45. The van der Waals surface area contributed by atoms with Crippen LogP contribution in [0.1, 0.15) is 40.5 Å². The van der Waals surface area contributed by atoms with Gasteiger partial charge in [-0.05, 0) is 24.7 Å². The van der Waals surface area contributed by atoms with Crippen molar-refractivity contribution in [1.29, 1.82) is 0 Å². The summed E-state index contributed by atoms with van der Waals surface area (Å²) in [5.41, 5.74) is 5.88. The topological polar surface area (TPSA) is 64.3 Å². The monoisotopic (exact) mass is 280 g/mol. The number of hydrogen-bond donors (Lipinski definition) is 1. The maximum absolute atomic E-state index is 5.88. The van der Waals surface area contributed by atoms with Crippen molar-refractivity contribution in [2.75, 3.05) is 30.8 Å². The molecule has 0 saturated carbocycles. The fourth-order valence-electron chi connectivity index (χ4n) is 1.95. The first kappa shape index (κ1) is 16.5. The number of ether oxygens (including phenoxy) is 1. The average Bonchev–Trinajstić information content (AvgIpc) is 2.38. The van der Waals surface area contributed by atoms with Crippen molar-refractivity contribution in [1.82, 2.24) is 9.97 Å². The Morgan fingerprint density at radius 2 is 1.65 bits per heavy atom. The van der Waals surface area contributed by atoms with Crippen LogP contribution in [-0.4, -0.2) is 30.2 Å². The molecule has 0 atom stereocenters. The maximum Gasteiger partial charge on any atom is 0.204 e. The summed E-state index contributed by atoms with van der Waals surface area (Å²) in [4.78, 5) is 10.6. The Kier molecular flexibility index (Phi) is 6.55. The van der Waals surface area contributed by atoms with Crippen molar-refractivity contribution in [3.05, 3.63) is 6.33 Å². The Bertz CT molecular complexity index is 395. The molecule has 20 heavy (non-hydrogen) atoms. The summed E-state index contributed by atoms with van der Waals surface area (Å²) in [6, 6.07) is 0. The van der Waals surface area contributed by atoms with Crippen molar-refractivity contribution in [2.45, 2.75) is 40.5 Å². The lowest BCUT2D eigenvalue weighted by Crippen LogP contribution is -2.29. The first-order valence-electron chi connectivity index (χ1n) is 7.35. The molecule has 0 spiro atoms. The predicted octanol–water partition coefficient (Wildman–Crippen LogP) is 2.97. The quantitative estimate of drug-likeness (QED) is 0.793. The molecule has 0 aliphatic carbocycles. The van der Waals surface area contributed by atoms with E-state index >= 15 is 0 Å². The molecule has 1 aromatic heterocycles. The third-order valence-corrected chi connectivity index (χ3v) is 3.27. The summed E-state index contributed by atoms with van der Waals surface area (Å²) in [6.45, 7) is 10.8. The molecule has 1 heterocycles. The molecule has 0 aliphatic rings. The van der Waals surface area contributed by atoms with E-state index in [9.17, 15) is 0 Å². The lowest BCUT2D eigenvalue weighted by Gasteiger charge is -2.27. The van der Waals surface area contributed by atoms with Crippen molar-refractivity contribution in [3.8, 4) is 5.75 Å². The van der Waals surface area contributed by atoms with E-state index in [0.717, 1.165) is 31.7 Å². The highest BCUT2D eigenvalue weighted by atomic mass is 16.5. The second-order valence-electron chi connectivity index (χ2n) is 5.97. The summed E-state index contributed by atoms with van der Waals surface area (Å²) >= 11 is 0. The molecule has 5 heteroatoms. The van der Waals surface area contributed by atoms with Gasteiger partial charge in [0.25, 0.3) is 0 Å². The zero-order valence-corrected chi connectivity index (χ0v) is 13.4. The summed E-state index contributed by atoms with van der Waals surface area (Å²) in [7, 11) is 1.61. The van der Waals surface area contributed by atoms with Crippen LogP contribution in [0.3, 0.4) is 0 Å². The number of nitrogens with two attached hydrogens (primary N) is 1. The number of aromatic nitrogens is 2. The Balaban J connectivity index is 2.93. The third-order valence-electron chi connectivity index (χ3n) is 3.27. The van der Waals surface area contributed by atoms with Crippen molar-refractivity contribution >= 4 is 11.6 Å². The largest absolute Gasteiger partial charge is 0.490 e. The number of nitrogens with zero attached hydrogens (tertiary/aromatic N) is 3. The van der Waals surface area contributed by atoms with E-state index < -0.39 is 0 Å². The van der Waals surface area contributed by atoms with Gasteiger partial charge in [-0.15, -0.1) is 0 Å². The maximum atomic E-state index is 5.88. The average molecular weight is 280 g/mol. The van der Waals surface area contributed by atoms with Crippen LogP contribution in [0, 0.1) is 11.8 Å². The molecule has 1 aromatic rings. The number of anilines is 2. The Hall–Kier alpha value is -1.52. The van der Waals surface area contributed by atoms with Gasteiger partial charge in [-0.1, -0.05) is 27.7 Å². The lowest BCUT2D eigenvalue weighted by molar-refractivity contribution is 0.411. The van der Waals surface area contributed by atoms with E-state index in [-0.39, 0.29) is 0 Å². The van der Waals surface area contributed by atoms with E-state index in [1.54, 1.807) is 7.11 Å². The summed E-state index contributed by atoms with van der Waals surface area (Å²) in [6.07, 6.45) is 3.74. The highest BCUT2D eigenvalue weighted by Gasteiger charge is 2.17. The van der Waals surface area contributed by atoms with E-state index in [2.05, 4.69) is 42.6 Å². The van der Waals surface area contributed by atoms with Crippen LogP contribution in [0.2, 0.25) is 0 Å². The highest BCUT2D eigenvalue weighted by molar-refractivity contribution is 5.62. The molecule has 0 radical (unpaired) electrons. The smallest absolute Gasteiger partial charge is 0.204 e. The molecule has 0 fully saturated rings. The van der Waals surface area contributed by atoms with Crippen LogP contribution in [0.15, 0.2) is 6.33 Å². The van der Waals surface area contributed by atoms with Gasteiger partial charge in [0.15, 0.2) is 11.6 Å². The Morgan fingerprint density at radius 3 is 2.10 bits per heavy atom. The van der Waals surface area contributed by atoms with E-state index in [4.69, 9.17) is 10.5 Å². The van der Waals surface area contributed by atoms with Crippen LogP contribution >= 0.6 is 0 Å². The van der Waals surface area contributed by atoms with E-state index in [0.29, 0.717) is 23.4 Å². The van der Waals surface area contributed by atoms with Crippen LogP contribution in [0.25, 0.3) is 0 Å². The van der Waals surface area contributed by atoms with Crippen LogP contribution < -0.4 is 15.4 Å². The molecule has 5 nitrogen and oxygen atoms in total. The van der Waals surface area contributed by atoms with Gasteiger partial charge in [-0.2, -0.15) is 0 Å². The Morgan fingerprint density at radius 1 is 1.10 bits per heavy atom. The number of nitrogen functional groups attached to an aromatic ring is 1. The zero-order chi connectivity index (χ0) is 15.1. The van der Waals surface area contributed by atoms with Crippen molar-refractivity contribution < 1.29 is 4.74 Å². The zero-order valence-electron chi connectivity index (χ0n) is 13.4. The normalized spacial score (nSPS) is 11.2. The number of rotatable bonds is 8. The van der Waals surface area contributed by atoms with Gasteiger partial charge in [-0.25, -0.2) is 9.97 Å². The number of hydrogen-bond acceptors (Lipinski definition) is 5. The Labute approximate surface area is 122 Å². The minimum Gasteiger partial charge on any atom is -0.490 e. The minimum absolute atomic E-state index is 0.400. The fraction of sp³-hybridized carbons (Fsp3) is 0.733. The first-order valence-corrected chi connectivity index (χ1v) is 7.35. The minimum atomic E-state index is 0.400. The van der Waals surface area contributed by atoms with Gasteiger partial charge in [0.2, 0.25) is 5.75 Å². The molecule has 2 N–H and O–H groups in total. The van der Waals surface area contributed by atoms with Crippen LogP contribution in [0.5, 0.6) is 5.75 Å². The summed E-state index contributed by atoms with van der Waals surface area (Å²) in [5, 5.41) is 0. The third kappa shape index (κ3) is 4.87. The van der Waals surface area contributed by atoms with E-state index in [1.165, 1.54) is 6.33 Å². The lowest BCUT2D eigenvalue weighted by atomic mass is 10.1. The van der Waals surface area contributed by atoms with Crippen molar-refractivity contribution in [2.24, 2.45) is 11.8 Å². The molecule has 0 aliphatic heterocycles. The van der Waals surface area contributed by atoms with Gasteiger partial charge >= 0.3 is 0 Å². The van der Waals surface area contributed by atoms with Gasteiger partial charge in [0.1, 0.15) is 6.33 Å². The molecule has 0 unspecified atom stereocenters. The van der Waals surface area contributed by atoms with Crippen LogP contribution in [0.4, 0.5) is 11.6 Å². The molecule has 0 aromatic carbocycles. The molecular formula is C15H28N4O. The summed E-state index contributed by atoms with van der Waals surface area (Å²) in [5.74, 6) is 3.10. The molecular weight excluding hydrogens is 252 g/mol. The van der Waals surface area contributed by atoms with E-state index in [1.807, 2.05) is 0 Å². The predicted molar refractivity (Wildman–Crippen MR) is 84.1 cm³/mol. The molecule has 0 saturated heterocycles. The number of methoxy groups -OCH3 is 1. The van der Waals surface area contributed by atoms with Gasteiger partial charge in [-0.3, -0.25) is 0 Å². The highest BCUT2D eigenvalue weighted by Crippen LogP contribution is 2.30. The second kappa shape index (κ2) is 7.92. The standard InChI is InChI=1S/C15H28N4O/c1-11(2)6-8-19(9-7-12(3)4)15-13(20-5)14(16)17-10-18-15/h10-12H,6-9H2,1-5H3,(H2,16,17,18). The molecule has 1 rings (SSSR count).